The van der Waals surface area contributed by atoms with Crippen LogP contribution in [-0.2, 0) is 0 Å². The Labute approximate surface area is 100 Å². The van der Waals surface area contributed by atoms with Gasteiger partial charge in [-0.3, -0.25) is 4.90 Å². The zero-order valence-electron chi connectivity index (χ0n) is 9.59. The van der Waals surface area contributed by atoms with E-state index < -0.39 is 0 Å². The zero-order chi connectivity index (χ0) is 11.1. The van der Waals surface area contributed by atoms with Gasteiger partial charge < -0.3 is 10.6 Å². The molecule has 2 aliphatic rings. The molecule has 0 spiro atoms. The normalized spacial score (nSPS) is 30.7. The van der Waals surface area contributed by atoms with Gasteiger partial charge in [-0.1, -0.05) is 0 Å². The van der Waals surface area contributed by atoms with Gasteiger partial charge in [-0.2, -0.15) is 4.37 Å². The fourth-order valence-electron chi connectivity index (χ4n) is 2.94. The van der Waals surface area contributed by atoms with Gasteiger partial charge in [0, 0.05) is 31.2 Å². The van der Waals surface area contributed by atoms with Crippen LogP contribution >= 0.6 is 11.5 Å². The van der Waals surface area contributed by atoms with E-state index in [0.29, 0.717) is 5.82 Å². The summed E-state index contributed by atoms with van der Waals surface area (Å²) < 4.78 is 4.17. The summed E-state index contributed by atoms with van der Waals surface area (Å²) in [5.41, 5.74) is 5.69. The molecule has 0 saturated carbocycles. The second-order valence-corrected chi connectivity index (χ2v) is 5.66. The van der Waals surface area contributed by atoms with Crippen LogP contribution in [0.2, 0.25) is 0 Å². The van der Waals surface area contributed by atoms with Crippen LogP contribution in [0.1, 0.15) is 19.3 Å². The molecule has 16 heavy (non-hydrogen) atoms. The molecule has 0 radical (unpaired) electrons. The maximum atomic E-state index is 5.69. The average Bonchev–Trinajstić information content (AvgIpc) is 2.74. The third kappa shape index (κ3) is 1.68. The molecule has 3 rings (SSSR count). The highest BCUT2D eigenvalue weighted by atomic mass is 32.1. The van der Waals surface area contributed by atoms with Crippen molar-refractivity contribution in [3.63, 3.8) is 0 Å². The minimum Gasteiger partial charge on any atom is -0.383 e. The van der Waals surface area contributed by atoms with Crippen LogP contribution in [0.5, 0.6) is 0 Å². The lowest BCUT2D eigenvalue weighted by molar-refractivity contribution is 0.254. The Hall–Kier alpha value is -0.810. The number of anilines is 2. The standard InChI is InChI=1S/C11H18N4S/c1-14-8-2-3-9(14)7-15(5-4-8)11-6-10(12)13-16-11/h6,8-9H,2-5,7H2,1H3,(H2,12,13). The number of hydrogen-bond acceptors (Lipinski definition) is 5. The first-order chi connectivity index (χ1) is 7.74. The highest BCUT2D eigenvalue weighted by Crippen LogP contribution is 2.32. The van der Waals surface area contributed by atoms with E-state index in [0.717, 1.165) is 25.2 Å². The lowest BCUT2D eigenvalue weighted by Gasteiger charge is -2.25. The largest absolute Gasteiger partial charge is 0.383 e. The van der Waals surface area contributed by atoms with Crippen molar-refractivity contribution in [3.8, 4) is 0 Å². The van der Waals surface area contributed by atoms with Gasteiger partial charge in [-0.15, -0.1) is 0 Å². The molecule has 2 fully saturated rings. The molecule has 2 bridgehead atoms. The summed E-state index contributed by atoms with van der Waals surface area (Å²) in [6.45, 7) is 2.28. The molecule has 1 aromatic rings. The van der Waals surface area contributed by atoms with Crippen molar-refractivity contribution >= 4 is 22.4 Å². The third-order valence-corrected chi connectivity index (χ3v) is 4.84. The molecule has 1 aromatic heterocycles. The number of nitrogens with two attached hydrogens (primary N) is 1. The van der Waals surface area contributed by atoms with E-state index in [1.807, 2.05) is 6.07 Å². The lowest BCUT2D eigenvalue weighted by atomic mass is 10.1. The third-order valence-electron chi connectivity index (χ3n) is 3.98. The molecule has 4 nitrogen and oxygen atoms in total. The summed E-state index contributed by atoms with van der Waals surface area (Å²) >= 11 is 1.53. The number of rotatable bonds is 1. The van der Waals surface area contributed by atoms with Crippen LogP contribution in [0.15, 0.2) is 6.07 Å². The fraction of sp³-hybridized carbons (Fsp3) is 0.727. The molecule has 3 heterocycles. The number of likely N-dealkylation sites (N-methyl/N-ethyl adjacent to an activating group) is 1. The number of aromatic nitrogens is 1. The SMILES string of the molecule is CN1C2CCC1CN(c1cc(N)ns1)CC2. The first-order valence-electron chi connectivity index (χ1n) is 5.93. The summed E-state index contributed by atoms with van der Waals surface area (Å²) in [5, 5.41) is 1.23. The van der Waals surface area contributed by atoms with E-state index in [2.05, 4.69) is 21.2 Å². The second-order valence-electron chi connectivity index (χ2n) is 4.88. The topological polar surface area (TPSA) is 45.4 Å². The molecule has 2 atom stereocenters. The number of nitrogen functional groups attached to an aromatic ring is 1. The van der Waals surface area contributed by atoms with Gasteiger partial charge in [0.1, 0.15) is 10.8 Å². The van der Waals surface area contributed by atoms with Crippen molar-refractivity contribution in [1.29, 1.82) is 0 Å². The Morgan fingerprint density at radius 3 is 2.94 bits per heavy atom. The van der Waals surface area contributed by atoms with Crippen molar-refractivity contribution in [2.45, 2.75) is 31.3 Å². The molecule has 0 aromatic carbocycles. The van der Waals surface area contributed by atoms with Crippen molar-refractivity contribution in [2.24, 2.45) is 0 Å². The van der Waals surface area contributed by atoms with Gasteiger partial charge >= 0.3 is 0 Å². The molecule has 2 N–H and O–H groups in total. The average molecular weight is 238 g/mol. The Kier molecular flexibility index (Phi) is 2.52. The summed E-state index contributed by atoms with van der Waals surface area (Å²) in [5.74, 6) is 0.655. The molecular formula is C11H18N4S. The summed E-state index contributed by atoms with van der Waals surface area (Å²) in [4.78, 5) is 5.01. The highest BCUT2D eigenvalue weighted by Gasteiger charge is 2.34. The van der Waals surface area contributed by atoms with Crippen molar-refractivity contribution < 1.29 is 0 Å². The zero-order valence-corrected chi connectivity index (χ0v) is 10.4. The number of fused-ring (bicyclic) bond motifs is 2. The summed E-state index contributed by atoms with van der Waals surface area (Å²) in [7, 11) is 2.27. The van der Waals surface area contributed by atoms with Crippen molar-refractivity contribution in [1.82, 2.24) is 9.27 Å². The van der Waals surface area contributed by atoms with Gasteiger partial charge in [0.15, 0.2) is 0 Å². The molecular weight excluding hydrogens is 220 g/mol. The summed E-state index contributed by atoms with van der Waals surface area (Å²) in [6.07, 6.45) is 3.98. The Balaban J connectivity index is 1.79. The van der Waals surface area contributed by atoms with Crippen LogP contribution in [0.25, 0.3) is 0 Å². The van der Waals surface area contributed by atoms with Gasteiger partial charge in [-0.05, 0) is 37.8 Å². The van der Waals surface area contributed by atoms with Gasteiger partial charge in [0.25, 0.3) is 0 Å². The van der Waals surface area contributed by atoms with E-state index in [1.165, 1.54) is 35.8 Å². The molecule has 5 heteroatoms. The van der Waals surface area contributed by atoms with Crippen LogP contribution in [-0.4, -0.2) is 41.5 Å². The molecule has 2 aliphatic heterocycles. The van der Waals surface area contributed by atoms with E-state index >= 15 is 0 Å². The lowest BCUT2D eigenvalue weighted by Crippen LogP contribution is -2.36. The first-order valence-corrected chi connectivity index (χ1v) is 6.70. The summed E-state index contributed by atoms with van der Waals surface area (Å²) in [6, 6.07) is 3.51. The van der Waals surface area contributed by atoms with E-state index in [9.17, 15) is 0 Å². The Morgan fingerprint density at radius 2 is 2.19 bits per heavy atom. The smallest absolute Gasteiger partial charge is 0.139 e. The highest BCUT2D eigenvalue weighted by molar-refractivity contribution is 7.10. The van der Waals surface area contributed by atoms with Gasteiger partial charge in [0.05, 0.1) is 0 Å². The minimum atomic E-state index is 0.655. The Morgan fingerprint density at radius 1 is 1.38 bits per heavy atom. The molecule has 0 aliphatic carbocycles. The molecule has 0 amide bonds. The fourth-order valence-corrected chi connectivity index (χ4v) is 3.64. The Bertz CT molecular complexity index is 378. The van der Waals surface area contributed by atoms with Crippen molar-refractivity contribution in [2.75, 3.05) is 30.8 Å². The quantitative estimate of drug-likeness (QED) is 0.803. The first kappa shape index (κ1) is 10.4. The maximum absolute atomic E-state index is 5.69. The van der Waals surface area contributed by atoms with Gasteiger partial charge in [-0.25, -0.2) is 0 Å². The van der Waals surface area contributed by atoms with E-state index in [-0.39, 0.29) is 0 Å². The minimum absolute atomic E-state index is 0.655. The van der Waals surface area contributed by atoms with E-state index in [1.54, 1.807) is 0 Å². The molecule has 2 saturated heterocycles. The van der Waals surface area contributed by atoms with Crippen LogP contribution < -0.4 is 10.6 Å². The number of hydrogen-bond donors (Lipinski definition) is 1. The van der Waals surface area contributed by atoms with Crippen LogP contribution in [0.4, 0.5) is 10.8 Å². The predicted molar refractivity (Wildman–Crippen MR) is 67.9 cm³/mol. The number of nitrogens with zero attached hydrogens (tertiary/aromatic N) is 3. The second kappa shape index (κ2) is 3.89. The monoisotopic (exact) mass is 238 g/mol. The predicted octanol–water partition coefficient (Wildman–Crippen LogP) is 1.40. The maximum Gasteiger partial charge on any atom is 0.139 e. The molecule has 2 unspecified atom stereocenters. The van der Waals surface area contributed by atoms with Crippen LogP contribution in [0.3, 0.4) is 0 Å². The van der Waals surface area contributed by atoms with Crippen LogP contribution in [0, 0.1) is 0 Å². The molecule has 88 valence electrons. The van der Waals surface area contributed by atoms with Crippen molar-refractivity contribution in [3.05, 3.63) is 6.07 Å². The van der Waals surface area contributed by atoms with Gasteiger partial charge in [0.2, 0.25) is 0 Å². The van der Waals surface area contributed by atoms with E-state index in [4.69, 9.17) is 5.73 Å².